The molecule has 1 aromatic carbocycles. The van der Waals surface area contributed by atoms with E-state index >= 15 is 0 Å². The Bertz CT molecular complexity index is 479. The first-order valence-electron chi connectivity index (χ1n) is 7.25. The van der Waals surface area contributed by atoms with Crippen molar-refractivity contribution in [2.24, 2.45) is 11.1 Å². The number of Topliss-reactive ketones (excluding diaryl/α,β-unsaturated/α-hetero) is 1. The molecule has 1 saturated carbocycles. The van der Waals surface area contributed by atoms with Gasteiger partial charge in [0.25, 0.3) is 0 Å². The minimum Gasteiger partial charge on any atom is -0.329 e. The minimum atomic E-state index is -0.359. The molecule has 110 valence electrons. The Hall–Kier alpha value is -0.570. The summed E-state index contributed by atoms with van der Waals surface area (Å²) in [7, 11) is 0. The number of carbonyl (C=O) groups excluding carboxylic acids is 1. The highest BCUT2D eigenvalue weighted by atomic mass is 35.5. The lowest BCUT2D eigenvalue weighted by Gasteiger charge is -2.30. The predicted molar refractivity (Wildman–Crippen MR) is 84.4 cm³/mol. The van der Waals surface area contributed by atoms with E-state index in [-0.39, 0.29) is 11.2 Å². The second-order valence-corrected chi connectivity index (χ2v) is 6.58. The number of ketones is 1. The first-order chi connectivity index (χ1) is 9.57. The van der Waals surface area contributed by atoms with Crippen LogP contribution in [0.1, 0.15) is 44.1 Å². The van der Waals surface area contributed by atoms with E-state index in [1.807, 2.05) is 0 Å². The van der Waals surface area contributed by atoms with Crippen LogP contribution in [0.3, 0.4) is 0 Å². The summed E-state index contributed by atoms with van der Waals surface area (Å²) in [6.07, 6.45) is 6.72. The van der Waals surface area contributed by atoms with E-state index in [9.17, 15) is 4.79 Å². The van der Waals surface area contributed by atoms with Gasteiger partial charge in [0.2, 0.25) is 0 Å². The lowest BCUT2D eigenvalue weighted by Crippen LogP contribution is -2.39. The van der Waals surface area contributed by atoms with Crippen LogP contribution in [0.4, 0.5) is 0 Å². The molecule has 0 amide bonds. The van der Waals surface area contributed by atoms with Crippen molar-refractivity contribution in [3.63, 3.8) is 0 Å². The van der Waals surface area contributed by atoms with Gasteiger partial charge in [-0.1, -0.05) is 48.9 Å². The van der Waals surface area contributed by atoms with Crippen molar-refractivity contribution >= 4 is 29.0 Å². The molecule has 4 heteroatoms. The maximum Gasteiger partial charge on any atom is 0.144 e. The smallest absolute Gasteiger partial charge is 0.144 e. The first kappa shape index (κ1) is 15.8. The molecule has 1 aliphatic carbocycles. The van der Waals surface area contributed by atoms with Crippen LogP contribution in [0.25, 0.3) is 0 Å². The van der Waals surface area contributed by atoms with Gasteiger partial charge in [0.15, 0.2) is 0 Å². The van der Waals surface area contributed by atoms with Crippen LogP contribution in [0.2, 0.25) is 10.0 Å². The molecule has 0 heterocycles. The monoisotopic (exact) mass is 313 g/mol. The molecule has 2 N–H and O–H groups in total. The molecule has 1 fully saturated rings. The molecule has 0 aliphatic heterocycles. The fourth-order valence-electron chi connectivity index (χ4n) is 3.04. The SMILES string of the molecule is NCC1(C(=O)Cc2cc(Cl)ccc2Cl)CCCCCC1. The van der Waals surface area contributed by atoms with E-state index in [1.165, 1.54) is 12.8 Å². The molecule has 0 spiro atoms. The molecule has 2 nitrogen and oxygen atoms in total. The van der Waals surface area contributed by atoms with Crippen molar-refractivity contribution in [3.8, 4) is 0 Å². The van der Waals surface area contributed by atoms with Crippen LogP contribution in [-0.4, -0.2) is 12.3 Å². The van der Waals surface area contributed by atoms with E-state index in [2.05, 4.69) is 0 Å². The molecule has 2 rings (SSSR count). The number of hydrogen-bond donors (Lipinski definition) is 1. The largest absolute Gasteiger partial charge is 0.329 e. The van der Waals surface area contributed by atoms with E-state index in [1.54, 1.807) is 18.2 Å². The Kier molecular flexibility index (Phi) is 5.48. The van der Waals surface area contributed by atoms with Gasteiger partial charge in [-0.2, -0.15) is 0 Å². The maximum absolute atomic E-state index is 12.8. The summed E-state index contributed by atoms with van der Waals surface area (Å²) in [6, 6.07) is 5.26. The third kappa shape index (κ3) is 3.55. The molecule has 0 aromatic heterocycles. The van der Waals surface area contributed by atoms with Gasteiger partial charge in [0.1, 0.15) is 5.78 Å². The number of hydrogen-bond acceptors (Lipinski definition) is 2. The van der Waals surface area contributed by atoms with Crippen LogP contribution >= 0.6 is 23.2 Å². The predicted octanol–water partition coefficient (Wildman–Crippen LogP) is 4.40. The van der Waals surface area contributed by atoms with Crippen LogP contribution in [0.15, 0.2) is 18.2 Å². The van der Waals surface area contributed by atoms with Gasteiger partial charge in [-0.3, -0.25) is 4.79 Å². The molecule has 1 aliphatic rings. The van der Waals surface area contributed by atoms with Gasteiger partial charge >= 0.3 is 0 Å². The van der Waals surface area contributed by atoms with E-state index in [0.29, 0.717) is 23.0 Å². The maximum atomic E-state index is 12.8. The zero-order valence-electron chi connectivity index (χ0n) is 11.6. The molecule has 0 saturated heterocycles. The average molecular weight is 314 g/mol. The molecule has 0 bridgehead atoms. The Morgan fingerprint density at radius 3 is 2.40 bits per heavy atom. The fraction of sp³-hybridized carbons (Fsp3) is 0.562. The van der Waals surface area contributed by atoms with Crippen LogP contribution in [0.5, 0.6) is 0 Å². The zero-order chi connectivity index (χ0) is 14.6. The summed E-state index contributed by atoms with van der Waals surface area (Å²) in [5.74, 6) is 0.214. The van der Waals surface area contributed by atoms with Crippen LogP contribution in [0, 0.1) is 5.41 Å². The van der Waals surface area contributed by atoms with Crippen molar-refractivity contribution in [1.29, 1.82) is 0 Å². The summed E-state index contributed by atoms with van der Waals surface area (Å²) in [5, 5.41) is 1.21. The Balaban J connectivity index is 2.18. The Labute approximate surface area is 130 Å². The number of carbonyl (C=O) groups is 1. The minimum absolute atomic E-state index is 0.214. The highest BCUT2D eigenvalue weighted by Gasteiger charge is 2.36. The third-order valence-corrected chi connectivity index (χ3v) is 5.01. The summed E-state index contributed by atoms with van der Waals surface area (Å²) in [4.78, 5) is 12.8. The van der Waals surface area contributed by atoms with Crippen molar-refractivity contribution in [2.45, 2.75) is 44.9 Å². The Morgan fingerprint density at radius 2 is 1.80 bits per heavy atom. The van der Waals surface area contributed by atoms with Gasteiger partial charge in [-0.25, -0.2) is 0 Å². The summed E-state index contributed by atoms with van der Waals surface area (Å²) >= 11 is 12.1. The average Bonchev–Trinajstić information content (AvgIpc) is 2.69. The molecule has 0 radical (unpaired) electrons. The summed E-state index contributed by atoms with van der Waals surface area (Å²) < 4.78 is 0. The zero-order valence-corrected chi connectivity index (χ0v) is 13.1. The van der Waals surface area contributed by atoms with Gasteiger partial charge in [-0.05, 0) is 36.6 Å². The van der Waals surface area contributed by atoms with Gasteiger partial charge in [0.05, 0.1) is 0 Å². The summed E-state index contributed by atoms with van der Waals surface area (Å²) in [6.45, 7) is 0.435. The fourth-order valence-corrected chi connectivity index (χ4v) is 3.42. The molecule has 1 aromatic rings. The van der Waals surface area contributed by atoms with Crippen LogP contribution in [-0.2, 0) is 11.2 Å². The topological polar surface area (TPSA) is 43.1 Å². The molecular formula is C16H21Cl2NO. The van der Waals surface area contributed by atoms with Crippen molar-refractivity contribution in [3.05, 3.63) is 33.8 Å². The molecule has 20 heavy (non-hydrogen) atoms. The molecule has 0 unspecified atom stereocenters. The van der Waals surface area contributed by atoms with Crippen molar-refractivity contribution in [1.82, 2.24) is 0 Å². The lowest BCUT2D eigenvalue weighted by atomic mass is 9.75. The van der Waals surface area contributed by atoms with Crippen molar-refractivity contribution < 1.29 is 4.79 Å². The van der Waals surface area contributed by atoms with E-state index < -0.39 is 0 Å². The lowest BCUT2D eigenvalue weighted by molar-refractivity contribution is -0.128. The first-order valence-corrected chi connectivity index (χ1v) is 8.00. The molecule has 0 atom stereocenters. The second kappa shape index (κ2) is 6.93. The normalized spacial score (nSPS) is 18.6. The Morgan fingerprint density at radius 1 is 1.15 bits per heavy atom. The second-order valence-electron chi connectivity index (χ2n) is 5.73. The van der Waals surface area contributed by atoms with E-state index in [4.69, 9.17) is 28.9 Å². The van der Waals surface area contributed by atoms with E-state index in [0.717, 1.165) is 31.2 Å². The van der Waals surface area contributed by atoms with Crippen LogP contribution < -0.4 is 5.73 Å². The quantitative estimate of drug-likeness (QED) is 0.837. The van der Waals surface area contributed by atoms with Gasteiger partial charge in [-0.15, -0.1) is 0 Å². The van der Waals surface area contributed by atoms with Crippen molar-refractivity contribution in [2.75, 3.05) is 6.54 Å². The standard InChI is InChI=1S/C16H21Cl2NO/c17-13-5-6-14(18)12(9-13)10-15(20)16(11-19)7-3-1-2-4-8-16/h5-6,9H,1-4,7-8,10-11,19H2. The number of nitrogens with two attached hydrogens (primary N) is 1. The third-order valence-electron chi connectivity index (χ3n) is 4.40. The highest BCUT2D eigenvalue weighted by Crippen LogP contribution is 2.36. The highest BCUT2D eigenvalue weighted by molar-refractivity contribution is 6.33. The molecular weight excluding hydrogens is 293 g/mol. The van der Waals surface area contributed by atoms with Gasteiger partial charge < -0.3 is 5.73 Å². The summed E-state index contributed by atoms with van der Waals surface area (Å²) in [5.41, 5.74) is 6.40. The number of benzene rings is 1. The number of rotatable bonds is 4. The van der Waals surface area contributed by atoms with Gasteiger partial charge in [0, 0.05) is 28.4 Å². The number of halogens is 2.